The van der Waals surface area contributed by atoms with Crippen LogP contribution < -0.4 is 11.1 Å². The van der Waals surface area contributed by atoms with Gasteiger partial charge in [0.2, 0.25) is 5.91 Å². The van der Waals surface area contributed by atoms with Gasteiger partial charge in [-0.05, 0) is 42.9 Å². The summed E-state index contributed by atoms with van der Waals surface area (Å²) in [5.74, 6) is 2.69. The highest BCUT2D eigenvalue weighted by Crippen LogP contribution is 2.34. The molecule has 2 rings (SSSR count). The van der Waals surface area contributed by atoms with Crippen molar-refractivity contribution in [2.24, 2.45) is 35.3 Å². The highest BCUT2D eigenvalue weighted by atomic mass is 16.2. The van der Waals surface area contributed by atoms with Crippen molar-refractivity contribution < 1.29 is 4.79 Å². The van der Waals surface area contributed by atoms with Gasteiger partial charge in [-0.1, -0.05) is 40.5 Å². The summed E-state index contributed by atoms with van der Waals surface area (Å²) in [6.45, 7) is 9.01. The standard InChI is InChI=1S/C17H32N2O/c1-10-6-5-7-16(13(10)4)19-17(20)14-9-15(18)12(3)8-11(14)2/h10-16H,5-9,18H2,1-4H3,(H,19,20). The molecule has 1 amide bonds. The maximum Gasteiger partial charge on any atom is 0.223 e. The fourth-order valence-corrected chi connectivity index (χ4v) is 4.12. The van der Waals surface area contributed by atoms with E-state index in [4.69, 9.17) is 5.73 Å². The van der Waals surface area contributed by atoms with E-state index in [-0.39, 0.29) is 17.9 Å². The van der Waals surface area contributed by atoms with E-state index in [0.29, 0.717) is 23.8 Å². The van der Waals surface area contributed by atoms with Gasteiger partial charge < -0.3 is 11.1 Å². The van der Waals surface area contributed by atoms with Crippen molar-refractivity contribution >= 4 is 5.91 Å². The average molecular weight is 280 g/mol. The molecule has 116 valence electrons. The number of carbonyl (C=O) groups excluding carboxylic acids is 1. The van der Waals surface area contributed by atoms with Crippen LogP contribution in [0.15, 0.2) is 0 Å². The van der Waals surface area contributed by atoms with Crippen LogP contribution >= 0.6 is 0 Å². The molecule has 0 spiro atoms. The molecule has 3 nitrogen and oxygen atoms in total. The molecule has 2 saturated carbocycles. The molecule has 2 fully saturated rings. The molecule has 0 bridgehead atoms. The van der Waals surface area contributed by atoms with Crippen LogP contribution in [0.3, 0.4) is 0 Å². The third-order valence-corrected chi connectivity index (χ3v) is 6.06. The van der Waals surface area contributed by atoms with Gasteiger partial charge in [0.1, 0.15) is 0 Å². The van der Waals surface area contributed by atoms with Crippen LogP contribution in [0.1, 0.15) is 59.8 Å². The Morgan fingerprint density at radius 2 is 1.70 bits per heavy atom. The molecule has 3 heteroatoms. The van der Waals surface area contributed by atoms with Gasteiger partial charge in [0.25, 0.3) is 0 Å². The molecule has 2 aliphatic carbocycles. The van der Waals surface area contributed by atoms with E-state index in [9.17, 15) is 4.79 Å². The third-order valence-electron chi connectivity index (χ3n) is 6.06. The number of nitrogens with two attached hydrogens (primary N) is 1. The van der Waals surface area contributed by atoms with Gasteiger partial charge in [0, 0.05) is 18.0 Å². The minimum absolute atomic E-state index is 0.116. The normalized spacial score (nSPS) is 46.0. The fourth-order valence-electron chi connectivity index (χ4n) is 4.12. The second-order valence-corrected chi connectivity index (χ2v) is 7.58. The molecular weight excluding hydrogens is 248 g/mol. The lowest BCUT2D eigenvalue weighted by molar-refractivity contribution is -0.129. The molecule has 0 radical (unpaired) electrons. The minimum Gasteiger partial charge on any atom is -0.353 e. The Morgan fingerprint density at radius 1 is 1.00 bits per heavy atom. The smallest absolute Gasteiger partial charge is 0.223 e. The minimum atomic E-state index is 0.116. The van der Waals surface area contributed by atoms with Gasteiger partial charge in [0.15, 0.2) is 0 Å². The molecule has 0 aromatic carbocycles. The van der Waals surface area contributed by atoms with Gasteiger partial charge in [-0.25, -0.2) is 0 Å². The van der Waals surface area contributed by atoms with Gasteiger partial charge in [-0.3, -0.25) is 4.79 Å². The first-order valence-electron chi connectivity index (χ1n) is 8.46. The number of carbonyl (C=O) groups is 1. The summed E-state index contributed by atoms with van der Waals surface area (Å²) in [5, 5.41) is 3.34. The van der Waals surface area contributed by atoms with E-state index in [1.54, 1.807) is 0 Å². The summed E-state index contributed by atoms with van der Waals surface area (Å²) in [5.41, 5.74) is 6.17. The Hall–Kier alpha value is -0.570. The highest BCUT2D eigenvalue weighted by molar-refractivity contribution is 5.79. The quantitative estimate of drug-likeness (QED) is 0.817. The number of hydrogen-bond acceptors (Lipinski definition) is 2. The van der Waals surface area contributed by atoms with Crippen LogP contribution in [0.2, 0.25) is 0 Å². The van der Waals surface area contributed by atoms with E-state index in [2.05, 4.69) is 33.0 Å². The lowest BCUT2D eigenvalue weighted by Crippen LogP contribution is -2.50. The zero-order chi connectivity index (χ0) is 14.9. The predicted molar refractivity (Wildman–Crippen MR) is 83.1 cm³/mol. The molecular formula is C17H32N2O. The van der Waals surface area contributed by atoms with E-state index >= 15 is 0 Å². The van der Waals surface area contributed by atoms with Crippen LogP contribution in [-0.4, -0.2) is 18.0 Å². The van der Waals surface area contributed by atoms with E-state index in [0.717, 1.165) is 25.2 Å². The van der Waals surface area contributed by atoms with Crippen LogP contribution in [-0.2, 0) is 4.79 Å². The molecule has 7 unspecified atom stereocenters. The summed E-state index contributed by atoms with van der Waals surface area (Å²) in [6, 6.07) is 0.554. The maximum atomic E-state index is 12.6. The van der Waals surface area contributed by atoms with E-state index < -0.39 is 0 Å². The molecule has 0 aliphatic heterocycles. The first kappa shape index (κ1) is 15.8. The van der Waals surface area contributed by atoms with Crippen LogP contribution in [0.25, 0.3) is 0 Å². The van der Waals surface area contributed by atoms with Crippen LogP contribution in [0, 0.1) is 29.6 Å². The zero-order valence-corrected chi connectivity index (χ0v) is 13.6. The molecule has 20 heavy (non-hydrogen) atoms. The molecule has 3 N–H and O–H groups in total. The summed E-state index contributed by atoms with van der Waals surface area (Å²) >= 11 is 0. The molecule has 0 saturated heterocycles. The Labute approximate surface area is 124 Å². The second kappa shape index (κ2) is 6.46. The Balaban J connectivity index is 1.94. The van der Waals surface area contributed by atoms with Gasteiger partial charge in [0.05, 0.1) is 0 Å². The van der Waals surface area contributed by atoms with Gasteiger partial charge in [-0.2, -0.15) is 0 Å². The highest BCUT2D eigenvalue weighted by Gasteiger charge is 2.37. The number of nitrogens with one attached hydrogen (secondary N) is 1. The van der Waals surface area contributed by atoms with Crippen molar-refractivity contribution in [3.05, 3.63) is 0 Å². The van der Waals surface area contributed by atoms with Crippen molar-refractivity contribution in [2.75, 3.05) is 0 Å². The summed E-state index contributed by atoms with van der Waals surface area (Å²) < 4.78 is 0. The van der Waals surface area contributed by atoms with Gasteiger partial charge >= 0.3 is 0 Å². The second-order valence-electron chi connectivity index (χ2n) is 7.58. The molecule has 7 atom stereocenters. The summed E-state index contributed by atoms with van der Waals surface area (Å²) in [7, 11) is 0. The summed E-state index contributed by atoms with van der Waals surface area (Å²) in [4.78, 5) is 12.6. The maximum absolute atomic E-state index is 12.6. The lowest BCUT2D eigenvalue weighted by Gasteiger charge is -2.39. The van der Waals surface area contributed by atoms with Crippen molar-refractivity contribution in [1.29, 1.82) is 0 Å². The lowest BCUT2D eigenvalue weighted by atomic mass is 9.72. The Kier molecular flexibility index (Phi) is 5.11. The first-order chi connectivity index (χ1) is 9.40. The van der Waals surface area contributed by atoms with Crippen molar-refractivity contribution in [1.82, 2.24) is 5.32 Å². The van der Waals surface area contributed by atoms with Crippen LogP contribution in [0.4, 0.5) is 0 Å². The third kappa shape index (κ3) is 3.36. The van der Waals surface area contributed by atoms with E-state index in [1.807, 2.05) is 0 Å². The first-order valence-corrected chi connectivity index (χ1v) is 8.46. The largest absolute Gasteiger partial charge is 0.353 e. The monoisotopic (exact) mass is 280 g/mol. The van der Waals surface area contributed by atoms with E-state index in [1.165, 1.54) is 12.8 Å². The SMILES string of the molecule is CC1CC(C)C(C(=O)NC2CCCC(C)C2C)CC1N. The van der Waals surface area contributed by atoms with Crippen molar-refractivity contribution in [2.45, 2.75) is 71.9 Å². The number of hydrogen-bond donors (Lipinski definition) is 2. The zero-order valence-electron chi connectivity index (χ0n) is 13.6. The predicted octanol–water partition coefficient (Wildman–Crippen LogP) is 2.94. The average Bonchev–Trinajstić information content (AvgIpc) is 2.39. The molecule has 0 aromatic heterocycles. The topological polar surface area (TPSA) is 55.1 Å². The molecule has 0 aromatic rings. The van der Waals surface area contributed by atoms with Crippen LogP contribution in [0.5, 0.6) is 0 Å². The molecule has 0 heterocycles. The molecule has 2 aliphatic rings. The van der Waals surface area contributed by atoms with Crippen molar-refractivity contribution in [3.8, 4) is 0 Å². The summed E-state index contributed by atoms with van der Waals surface area (Å²) in [6.07, 6.45) is 5.62. The Morgan fingerprint density at radius 3 is 2.40 bits per heavy atom. The number of rotatable bonds is 2. The fraction of sp³-hybridized carbons (Fsp3) is 0.941. The Bertz CT molecular complexity index is 344. The van der Waals surface area contributed by atoms with Crippen molar-refractivity contribution in [3.63, 3.8) is 0 Å². The number of amides is 1. The van der Waals surface area contributed by atoms with Gasteiger partial charge in [-0.15, -0.1) is 0 Å².